The SMILES string of the molecule is COCCC1C(=O)c2cc(CC(=O)Cc3cccc(/C(C)=C/c4ccccc4C)c3)ccc2N(CCC2CCCCC2)C1=O. The summed E-state index contributed by atoms with van der Waals surface area (Å²) in [6.45, 7) is 5.18. The van der Waals surface area contributed by atoms with E-state index in [9.17, 15) is 14.4 Å². The van der Waals surface area contributed by atoms with Crippen molar-refractivity contribution in [2.45, 2.75) is 71.6 Å². The Balaban J connectivity index is 1.30. The highest BCUT2D eigenvalue weighted by atomic mass is 16.5. The average Bonchev–Trinajstić information content (AvgIpc) is 3.03. The van der Waals surface area contributed by atoms with Crippen molar-refractivity contribution in [2.24, 2.45) is 11.8 Å². The molecule has 1 atom stereocenters. The van der Waals surface area contributed by atoms with Crippen LogP contribution in [0, 0.1) is 18.8 Å². The number of Topliss-reactive ketones (excluding diaryl/α,β-unsaturated/α-hetero) is 2. The summed E-state index contributed by atoms with van der Waals surface area (Å²) in [6, 6.07) is 22.1. The van der Waals surface area contributed by atoms with Gasteiger partial charge in [-0.1, -0.05) is 92.8 Å². The summed E-state index contributed by atoms with van der Waals surface area (Å²) in [7, 11) is 1.59. The van der Waals surface area contributed by atoms with Crippen molar-refractivity contribution >= 4 is 34.8 Å². The van der Waals surface area contributed by atoms with Gasteiger partial charge in [0.1, 0.15) is 11.7 Å². The molecular weight excluding hydrogens is 546 g/mol. The van der Waals surface area contributed by atoms with Crippen LogP contribution < -0.4 is 4.90 Å². The molecule has 1 aliphatic carbocycles. The van der Waals surface area contributed by atoms with Crippen LogP contribution in [0.1, 0.15) is 90.0 Å². The van der Waals surface area contributed by atoms with Gasteiger partial charge >= 0.3 is 0 Å². The zero-order valence-electron chi connectivity index (χ0n) is 26.4. The van der Waals surface area contributed by atoms with E-state index in [1.165, 1.54) is 43.2 Å². The number of anilines is 1. The minimum atomic E-state index is -0.738. The molecule has 0 aromatic heterocycles. The van der Waals surface area contributed by atoms with Crippen LogP contribution in [0.2, 0.25) is 0 Å². The Bertz CT molecular complexity index is 1530. The number of amides is 1. The van der Waals surface area contributed by atoms with Crippen LogP contribution in [0.15, 0.2) is 66.7 Å². The van der Waals surface area contributed by atoms with Crippen LogP contribution in [-0.2, 0) is 27.2 Å². The van der Waals surface area contributed by atoms with Gasteiger partial charge in [0.05, 0.1) is 5.69 Å². The topological polar surface area (TPSA) is 63.7 Å². The van der Waals surface area contributed by atoms with Crippen LogP contribution in [0.4, 0.5) is 5.69 Å². The van der Waals surface area contributed by atoms with E-state index in [-0.39, 0.29) is 23.9 Å². The highest BCUT2D eigenvalue weighted by Gasteiger charge is 2.39. The third-order valence-electron chi connectivity index (χ3n) is 9.34. The summed E-state index contributed by atoms with van der Waals surface area (Å²) in [5.74, 6) is -0.294. The third-order valence-corrected chi connectivity index (χ3v) is 9.34. The Morgan fingerprint density at radius 2 is 1.66 bits per heavy atom. The second-order valence-corrected chi connectivity index (χ2v) is 12.6. The predicted octanol–water partition coefficient (Wildman–Crippen LogP) is 8.06. The van der Waals surface area contributed by atoms with Gasteiger partial charge in [-0.25, -0.2) is 0 Å². The summed E-state index contributed by atoms with van der Waals surface area (Å²) in [5, 5.41) is 0. The molecule has 1 unspecified atom stereocenters. The number of benzene rings is 3. The molecule has 1 heterocycles. The van der Waals surface area contributed by atoms with E-state index in [0.29, 0.717) is 43.2 Å². The van der Waals surface area contributed by atoms with E-state index in [4.69, 9.17) is 4.74 Å². The Kier molecular flexibility index (Phi) is 10.6. The normalized spacial score (nSPS) is 17.6. The molecule has 0 saturated heterocycles. The molecule has 2 aliphatic rings. The fourth-order valence-corrected chi connectivity index (χ4v) is 6.75. The molecule has 3 aromatic carbocycles. The second kappa shape index (κ2) is 14.8. The lowest BCUT2D eigenvalue weighted by atomic mass is 9.84. The van der Waals surface area contributed by atoms with E-state index in [1.54, 1.807) is 7.11 Å². The van der Waals surface area contributed by atoms with Gasteiger partial charge < -0.3 is 9.64 Å². The molecule has 3 aromatic rings. The number of aryl methyl sites for hydroxylation is 1. The van der Waals surface area contributed by atoms with Gasteiger partial charge in [-0.2, -0.15) is 0 Å². The summed E-state index contributed by atoms with van der Waals surface area (Å²) in [5.41, 5.74) is 7.67. The van der Waals surface area contributed by atoms with Crippen LogP contribution in [0.5, 0.6) is 0 Å². The number of rotatable bonds is 12. The second-order valence-electron chi connectivity index (χ2n) is 12.6. The molecule has 5 heteroatoms. The first-order chi connectivity index (χ1) is 21.3. The van der Waals surface area contributed by atoms with Gasteiger partial charge in [0, 0.05) is 38.7 Å². The van der Waals surface area contributed by atoms with Gasteiger partial charge in [0.25, 0.3) is 0 Å². The summed E-state index contributed by atoms with van der Waals surface area (Å²) >= 11 is 0. The number of hydrogen-bond donors (Lipinski definition) is 0. The smallest absolute Gasteiger partial charge is 0.238 e. The predicted molar refractivity (Wildman–Crippen MR) is 178 cm³/mol. The Hall–Kier alpha value is -3.83. The summed E-state index contributed by atoms with van der Waals surface area (Å²) < 4.78 is 5.24. The number of fused-ring (bicyclic) bond motifs is 1. The van der Waals surface area contributed by atoms with E-state index >= 15 is 0 Å². The van der Waals surface area contributed by atoms with E-state index in [1.807, 2.05) is 47.4 Å². The molecule has 44 heavy (non-hydrogen) atoms. The van der Waals surface area contributed by atoms with E-state index in [0.717, 1.165) is 28.7 Å². The molecule has 1 fully saturated rings. The molecule has 5 rings (SSSR count). The molecule has 1 saturated carbocycles. The Morgan fingerprint density at radius 1 is 0.909 bits per heavy atom. The molecule has 0 spiro atoms. The molecule has 5 nitrogen and oxygen atoms in total. The number of carbonyl (C=O) groups is 3. The lowest BCUT2D eigenvalue weighted by Gasteiger charge is -2.35. The number of nitrogens with zero attached hydrogens (tertiary/aromatic N) is 1. The number of methoxy groups -OCH3 is 1. The van der Waals surface area contributed by atoms with Crippen molar-refractivity contribution in [3.63, 3.8) is 0 Å². The van der Waals surface area contributed by atoms with E-state index < -0.39 is 5.92 Å². The van der Waals surface area contributed by atoms with Crippen molar-refractivity contribution in [3.8, 4) is 0 Å². The zero-order valence-corrected chi connectivity index (χ0v) is 26.4. The lowest BCUT2D eigenvalue weighted by Crippen LogP contribution is -2.46. The van der Waals surface area contributed by atoms with Crippen LogP contribution in [0.25, 0.3) is 11.6 Å². The first kappa shape index (κ1) is 31.6. The van der Waals surface area contributed by atoms with Crippen LogP contribution in [0.3, 0.4) is 0 Å². The minimum absolute atomic E-state index is 0.0899. The van der Waals surface area contributed by atoms with Crippen molar-refractivity contribution in [3.05, 3.63) is 100 Å². The quantitative estimate of drug-likeness (QED) is 0.158. The molecule has 230 valence electrons. The minimum Gasteiger partial charge on any atom is -0.385 e. The maximum absolute atomic E-state index is 13.6. The van der Waals surface area contributed by atoms with Gasteiger partial charge in [-0.3, -0.25) is 14.4 Å². The summed E-state index contributed by atoms with van der Waals surface area (Å²) in [6.07, 6.45) is 10.3. The number of ketones is 2. The number of carbonyl (C=O) groups excluding carboxylic acids is 3. The van der Waals surface area contributed by atoms with Crippen molar-refractivity contribution < 1.29 is 19.1 Å². The van der Waals surface area contributed by atoms with Crippen molar-refractivity contribution in [1.82, 2.24) is 0 Å². The van der Waals surface area contributed by atoms with Crippen molar-refractivity contribution in [1.29, 1.82) is 0 Å². The highest BCUT2D eigenvalue weighted by Crippen LogP contribution is 2.35. The standard InChI is InChI=1S/C39H45NO4/c1-27-10-7-8-14-32(27)22-28(2)33-15-9-13-30(23-33)24-34(41)25-31-16-17-37-36(26-31)38(42)35(19-21-44-3)39(43)40(37)20-18-29-11-5-4-6-12-29/h7-10,13-17,22-23,26,29,35H,4-6,11-12,18-21,24-25H2,1-3H3/b28-22+. The number of allylic oxidation sites excluding steroid dienone is 1. The fraction of sp³-hybridized carbons (Fsp3) is 0.410. The maximum atomic E-state index is 13.6. The third kappa shape index (κ3) is 7.62. The van der Waals surface area contributed by atoms with Crippen molar-refractivity contribution in [2.75, 3.05) is 25.2 Å². The zero-order chi connectivity index (χ0) is 31.1. The molecule has 0 bridgehead atoms. The average molecular weight is 592 g/mol. The van der Waals surface area contributed by atoms with Gasteiger partial charge in [-0.15, -0.1) is 0 Å². The fourth-order valence-electron chi connectivity index (χ4n) is 6.75. The van der Waals surface area contributed by atoms with E-state index in [2.05, 4.69) is 44.2 Å². The molecule has 1 amide bonds. The Morgan fingerprint density at radius 3 is 2.41 bits per heavy atom. The summed E-state index contributed by atoms with van der Waals surface area (Å²) in [4.78, 5) is 42.2. The lowest BCUT2D eigenvalue weighted by molar-refractivity contribution is -0.122. The van der Waals surface area contributed by atoms with Gasteiger partial charge in [-0.05, 0) is 78.1 Å². The van der Waals surface area contributed by atoms with Gasteiger partial charge in [0.2, 0.25) is 5.91 Å². The highest BCUT2D eigenvalue weighted by molar-refractivity contribution is 6.21. The molecule has 1 aliphatic heterocycles. The first-order valence-electron chi connectivity index (χ1n) is 16.2. The molecule has 0 N–H and O–H groups in total. The van der Waals surface area contributed by atoms with Crippen LogP contribution in [-0.4, -0.2) is 37.7 Å². The monoisotopic (exact) mass is 591 g/mol. The number of ether oxygens (including phenoxy) is 1. The first-order valence-corrected chi connectivity index (χ1v) is 16.2. The number of hydrogen-bond acceptors (Lipinski definition) is 4. The largest absolute Gasteiger partial charge is 0.385 e. The molecule has 0 radical (unpaired) electrons. The van der Waals surface area contributed by atoms with Crippen LogP contribution >= 0.6 is 0 Å². The Labute approximate surface area is 262 Å². The molecular formula is C39H45NO4. The van der Waals surface area contributed by atoms with Gasteiger partial charge in [0.15, 0.2) is 5.78 Å². The maximum Gasteiger partial charge on any atom is 0.238 e.